The Morgan fingerprint density at radius 1 is 1.31 bits per heavy atom. The summed E-state index contributed by atoms with van der Waals surface area (Å²) in [5.41, 5.74) is 6.10. The lowest BCUT2D eigenvalue weighted by molar-refractivity contribution is -0.140. The number of halogens is 2. The minimum atomic E-state index is -3.69. The van der Waals surface area contributed by atoms with E-state index < -0.39 is 39.9 Å². The van der Waals surface area contributed by atoms with E-state index in [0.29, 0.717) is 41.9 Å². The largest absolute Gasteiger partial charge is 0.371 e. The molecule has 42 heavy (non-hydrogen) atoms. The van der Waals surface area contributed by atoms with Crippen molar-refractivity contribution in [2.24, 2.45) is 11.7 Å². The van der Waals surface area contributed by atoms with Crippen molar-refractivity contribution in [1.29, 1.82) is 0 Å². The first kappa shape index (κ1) is 33.3. The highest BCUT2D eigenvalue weighted by molar-refractivity contribution is 9.10. The van der Waals surface area contributed by atoms with Crippen LogP contribution in [0.25, 0.3) is 0 Å². The normalized spacial score (nSPS) is 24.0. The molecule has 0 spiro atoms. The maximum absolute atomic E-state index is 14.4. The molecule has 1 aromatic rings. The van der Waals surface area contributed by atoms with Gasteiger partial charge in [0.2, 0.25) is 21.8 Å². The van der Waals surface area contributed by atoms with E-state index in [1.165, 1.54) is 11.0 Å². The van der Waals surface area contributed by atoms with E-state index in [1.807, 2.05) is 0 Å². The number of hydrogen-bond donors (Lipinski definition) is 4. The number of benzene rings is 1. The molecule has 0 aliphatic carbocycles. The number of rotatable bonds is 13. The molecule has 1 aromatic carbocycles. The number of thioether (sulfide) groups is 1. The van der Waals surface area contributed by atoms with Gasteiger partial charge in [0.05, 0.1) is 19.0 Å². The van der Waals surface area contributed by atoms with E-state index in [2.05, 4.69) is 37.4 Å². The van der Waals surface area contributed by atoms with Crippen LogP contribution in [0.3, 0.4) is 0 Å². The molecule has 1 unspecified atom stereocenters. The molecule has 2 fully saturated rings. The van der Waals surface area contributed by atoms with E-state index in [0.717, 1.165) is 43.5 Å². The van der Waals surface area contributed by atoms with Crippen LogP contribution in [0.5, 0.6) is 0 Å². The van der Waals surface area contributed by atoms with Gasteiger partial charge in [0.25, 0.3) is 0 Å². The van der Waals surface area contributed by atoms with Gasteiger partial charge in [0.1, 0.15) is 17.9 Å². The number of ether oxygens (including phenoxy) is 1. The molecule has 234 valence electrons. The molecule has 2 saturated heterocycles. The van der Waals surface area contributed by atoms with Crippen LogP contribution in [0.1, 0.15) is 44.1 Å². The molecule has 5 N–H and O–H groups in total. The molecule has 0 radical (unpaired) electrons. The SMILES string of the molecule is CS(=O)(=O)N[C@H](CCC1CCNCC1)C(=O)N1C[C@H](OCc2ccc(Br)cc2F)C[C@H]1C(=O)NCC1CC=C(CN)S1. The predicted molar refractivity (Wildman–Crippen MR) is 166 cm³/mol. The first-order valence-electron chi connectivity index (χ1n) is 14.4. The van der Waals surface area contributed by atoms with Crippen LogP contribution in [0, 0.1) is 11.7 Å². The van der Waals surface area contributed by atoms with Gasteiger partial charge >= 0.3 is 0 Å². The smallest absolute Gasteiger partial charge is 0.242 e. The zero-order valence-corrected chi connectivity index (χ0v) is 27.0. The number of hydrogen-bond acceptors (Lipinski definition) is 8. The predicted octanol–water partition coefficient (Wildman–Crippen LogP) is 2.24. The maximum Gasteiger partial charge on any atom is 0.242 e. The summed E-state index contributed by atoms with van der Waals surface area (Å²) in [4.78, 5) is 29.9. The average Bonchev–Trinajstić information content (AvgIpc) is 3.60. The topological polar surface area (TPSA) is 143 Å². The number of sulfonamides is 1. The van der Waals surface area contributed by atoms with Crippen LogP contribution >= 0.6 is 27.7 Å². The molecule has 3 aliphatic rings. The standard InChI is InChI=1S/C28H41BrFN5O5S2/c1-42(38,39)34-25(7-2-18-8-10-32-11-9-18)28(37)35-16-21(40-17-19-3-4-20(29)12-24(19)30)13-26(35)27(36)33-15-23-6-5-22(14-31)41-23/h3-5,12,18,21,23,25-26,32,34H,2,6-11,13-17,31H2,1H3,(H,33,36)/t21-,23?,25-,26+/m1/s1. The zero-order valence-electron chi connectivity index (χ0n) is 23.8. The number of piperidine rings is 1. The van der Waals surface area contributed by atoms with Crippen molar-refractivity contribution in [3.8, 4) is 0 Å². The maximum atomic E-state index is 14.4. The van der Waals surface area contributed by atoms with Crippen molar-refractivity contribution in [2.45, 2.75) is 68.6 Å². The Labute approximate surface area is 260 Å². The number of nitrogens with two attached hydrogens (primary N) is 1. The highest BCUT2D eigenvalue weighted by Gasteiger charge is 2.43. The van der Waals surface area contributed by atoms with E-state index >= 15 is 0 Å². The second kappa shape index (κ2) is 15.4. The van der Waals surface area contributed by atoms with Crippen LogP contribution in [-0.4, -0.2) is 87.5 Å². The highest BCUT2D eigenvalue weighted by Crippen LogP contribution is 2.31. The van der Waals surface area contributed by atoms with E-state index in [1.54, 1.807) is 23.9 Å². The zero-order chi connectivity index (χ0) is 30.3. The third-order valence-electron chi connectivity index (χ3n) is 7.95. The first-order chi connectivity index (χ1) is 20.0. The Morgan fingerprint density at radius 2 is 2.07 bits per heavy atom. The van der Waals surface area contributed by atoms with Gasteiger partial charge in [-0.25, -0.2) is 17.5 Å². The molecule has 4 rings (SSSR count). The number of carbonyl (C=O) groups is 2. The number of amides is 2. The third-order valence-corrected chi connectivity index (χ3v) is 10.5. The Balaban J connectivity index is 1.46. The van der Waals surface area contributed by atoms with Crippen LogP contribution in [-0.2, 0) is 31.0 Å². The van der Waals surface area contributed by atoms with Gasteiger partial charge in [-0.2, -0.15) is 0 Å². The van der Waals surface area contributed by atoms with Crippen molar-refractivity contribution in [1.82, 2.24) is 20.3 Å². The summed E-state index contributed by atoms with van der Waals surface area (Å²) < 4.78 is 48.1. The summed E-state index contributed by atoms with van der Waals surface area (Å²) in [6, 6.07) is 2.87. The lowest BCUT2D eigenvalue weighted by atomic mass is 9.91. The van der Waals surface area contributed by atoms with E-state index in [4.69, 9.17) is 10.5 Å². The lowest BCUT2D eigenvalue weighted by Gasteiger charge is -2.30. The molecule has 0 aromatic heterocycles. The van der Waals surface area contributed by atoms with Gasteiger partial charge in [-0.15, -0.1) is 11.8 Å². The fourth-order valence-electron chi connectivity index (χ4n) is 5.68. The monoisotopic (exact) mass is 689 g/mol. The average molecular weight is 691 g/mol. The Bertz CT molecular complexity index is 1250. The van der Waals surface area contributed by atoms with Gasteiger partial charge in [-0.1, -0.05) is 28.1 Å². The Morgan fingerprint density at radius 3 is 2.74 bits per heavy atom. The molecular weight excluding hydrogens is 649 g/mol. The Kier molecular flexibility index (Phi) is 12.3. The fourth-order valence-corrected chi connectivity index (χ4v) is 7.83. The number of allylic oxidation sites excluding steroid dienone is 1. The van der Waals surface area contributed by atoms with Gasteiger partial charge in [-0.3, -0.25) is 9.59 Å². The van der Waals surface area contributed by atoms with Crippen LogP contribution in [0.15, 0.2) is 33.7 Å². The summed E-state index contributed by atoms with van der Waals surface area (Å²) in [6.07, 6.45) is 6.57. The molecule has 3 aliphatic heterocycles. The summed E-state index contributed by atoms with van der Waals surface area (Å²) in [5, 5.41) is 6.46. The lowest BCUT2D eigenvalue weighted by Crippen LogP contribution is -2.54. The molecule has 4 atom stereocenters. The molecule has 2 amide bonds. The summed E-state index contributed by atoms with van der Waals surface area (Å²) in [6.45, 7) is 2.75. The molecule has 10 nitrogen and oxygen atoms in total. The summed E-state index contributed by atoms with van der Waals surface area (Å²) in [7, 11) is -3.69. The first-order valence-corrected chi connectivity index (χ1v) is 18.0. The van der Waals surface area contributed by atoms with Gasteiger partial charge in [0.15, 0.2) is 0 Å². The number of carbonyl (C=O) groups excluding carboxylic acids is 2. The third kappa shape index (κ3) is 9.73. The summed E-state index contributed by atoms with van der Waals surface area (Å²) in [5.74, 6) is -0.784. The second-order valence-corrected chi connectivity index (χ2v) is 15.3. The van der Waals surface area contributed by atoms with Crippen LogP contribution in [0.2, 0.25) is 0 Å². The molecular formula is C28H41BrFN5O5S2. The molecule has 3 heterocycles. The van der Waals surface area contributed by atoms with E-state index in [-0.39, 0.29) is 30.7 Å². The number of nitrogens with one attached hydrogen (secondary N) is 3. The van der Waals surface area contributed by atoms with Crippen LogP contribution in [0.4, 0.5) is 4.39 Å². The fraction of sp³-hybridized carbons (Fsp3) is 0.643. The van der Waals surface area contributed by atoms with E-state index in [9.17, 15) is 22.4 Å². The summed E-state index contributed by atoms with van der Waals surface area (Å²) >= 11 is 4.89. The van der Waals surface area contributed by atoms with Crippen molar-refractivity contribution in [3.63, 3.8) is 0 Å². The van der Waals surface area contributed by atoms with Gasteiger partial charge < -0.3 is 26.0 Å². The minimum Gasteiger partial charge on any atom is -0.371 e. The van der Waals surface area contributed by atoms with Crippen molar-refractivity contribution >= 4 is 49.5 Å². The van der Waals surface area contributed by atoms with Crippen molar-refractivity contribution in [2.75, 3.05) is 39.0 Å². The quantitative estimate of drug-likeness (QED) is 0.247. The van der Waals surface area contributed by atoms with Gasteiger partial charge in [-0.05, 0) is 68.1 Å². The molecule has 14 heteroatoms. The number of nitrogens with zero attached hydrogens (tertiary/aromatic N) is 1. The number of likely N-dealkylation sites (tertiary alicyclic amines) is 1. The molecule has 0 bridgehead atoms. The van der Waals surface area contributed by atoms with Crippen LogP contribution < -0.4 is 21.1 Å². The van der Waals surface area contributed by atoms with Crippen molar-refractivity contribution < 1.29 is 27.1 Å². The van der Waals surface area contributed by atoms with Crippen molar-refractivity contribution in [3.05, 3.63) is 45.0 Å². The Hall–Kier alpha value is -1.55. The second-order valence-electron chi connectivity index (χ2n) is 11.2. The van der Waals surface area contributed by atoms with Gasteiger partial charge in [0, 0.05) is 41.3 Å². The minimum absolute atomic E-state index is 0.0207. The molecule has 0 saturated carbocycles. The highest BCUT2D eigenvalue weighted by atomic mass is 79.9.